The van der Waals surface area contributed by atoms with E-state index in [9.17, 15) is 0 Å². The van der Waals surface area contributed by atoms with Gasteiger partial charge in [0.05, 0.1) is 0 Å². The molecule has 60 valence electrons. The Kier molecular flexibility index (Phi) is 8.51. The van der Waals surface area contributed by atoms with Crippen LogP contribution < -0.4 is 0 Å². The number of allylic oxidation sites excluding steroid dienone is 2. The Bertz CT molecular complexity index is 52.6. The number of rotatable bonds is 0. The average Bonchev–Trinajstić information content (AvgIpc) is 2.08. The summed E-state index contributed by atoms with van der Waals surface area (Å²) < 4.78 is 0. The van der Waals surface area contributed by atoms with Crippen LogP contribution in [0.3, 0.4) is 0 Å². The summed E-state index contributed by atoms with van der Waals surface area (Å²) in [5.74, 6) is 0. The molecule has 1 aliphatic carbocycles. The average molecular weight is 140 g/mol. The van der Waals surface area contributed by atoms with Crippen LogP contribution in [-0.4, -0.2) is 0 Å². The maximum absolute atomic E-state index is 2.00. The summed E-state index contributed by atoms with van der Waals surface area (Å²) in [5, 5.41) is 0. The van der Waals surface area contributed by atoms with Crippen LogP contribution in [0.15, 0.2) is 12.2 Å². The molecular formula is C10H20. The van der Waals surface area contributed by atoms with E-state index in [1.165, 1.54) is 38.5 Å². The summed E-state index contributed by atoms with van der Waals surface area (Å²) in [6.07, 6.45) is 13.0. The van der Waals surface area contributed by atoms with E-state index in [1.54, 1.807) is 0 Å². The van der Waals surface area contributed by atoms with Gasteiger partial charge in [0.15, 0.2) is 0 Å². The van der Waals surface area contributed by atoms with Crippen LogP contribution in [0.1, 0.15) is 52.4 Å². The normalized spacial score (nSPS) is 18.2. The van der Waals surface area contributed by atoms with Crippen molar-refractivity contribution >= 4 is 0 Å². The van der Waals surface area contributed by atoms with E-state index in [4.69, 9.17) is 0 Å². The molecule has 0 aliphatic heterocycles. The maximum Gasteiger partial charge on any atom is -0.0470 e. The molecule has 0 aromatic heterocycles. The maximum atomic E-state index is 2.00. The van der Waals surface area contributed by atoms with Gasteiger partial charge in [0.25, 0.3) is 0 Å². The van der Waals surface area contributed by atoms with Crippen LogP contribution in [0.5, 0.6) is 0 Å². The Morgan fingerprint density at radius 3 is 0.900 bits per heavy atom. The molecule has 0 amide bonds. The quantitative estimate of drug-likeness (QED) is 0.447. The fourth-order valence-corrected chi connectivity index (χ4v) is 1.06. The van der Waals surface area contributed by atoms with Gasteiger partial charge in [-0.05, 0) is 13.8 Å². The van der Waals surface area contributed by atoms with Gasteiger partial charge in [0.2, 0.25) is 0 Å². The number of hydrogen-bond donors (Lipinski definition) is 0. The van der Waals surface area contributed by atoms with Crippen molar-refractivity contribution in [2.45, 2.75) is 52.4 Å². The van der Waals surface area contributed by atoms with Gasteiger partial charge in [-0.3, -0.25) is 0 Å². The van der Waals surface area contributed by atoms with Crippen molar-refractivity contribution < 1.29 is 0 Å². The molecule has 0 N–H and O–H groups in total. The lowest BCUT2D eigenvalue weighted by molar-refractivity contribution is 0.504. The Hall–Kier alpha value is -0.260. The van der Waals surface area contributed by atoms with E-state index in [0.717, 1.165) is 0 Å². The summed E-state index contributed by atoms with van der Waals surface area (Å²) in [6, 6.07) is 0. The minimum atomic E-state index is 1.50. The van der Waals surface area contributed by atoms with Crippen molar-refractivity contribution in [3.63, 3.8) is 0 Å². The van der Waals surface area contributed by atoms with Crippen LogP contribution in [-0.2, 0) is 0 Å². The zero-order valence-corrected chi connectivity index (χ0v) is 7.40. The molecule has 1 saturated carbocycles. The van der Waals surface area contributed by atoms with E-state index in [-0.39, 0.29) is 0 Å². The second-order valence-corrected chi connectivity index (χ2v) is 2.79. The van der Waals surface area contributed by atoms with E-state index in [1.807, 2.05) is 26.0 Å². The summed E-state index contributed by atoms with van der Waals surface area (Å²) in [5.41, 5.74) is 0. The molecule has 0 spiro atoms. The molecule has 0 heteroatoms. The van der Waals surface area contributed by atoms with Crippen LogP contribution >= 0.6 is 0 Å². The van der Waals surface area contributed by atoms with Crippen molar-refractivity contribution in [1.82, 2.24) is 0 Å². The van der Waals surface area contributed by atoms with Gasteiger partial charge in [-0.25, -0.2) is 0 Å². The van der Waals surface area contributed by atoms with Crippen molar-refractivity contribution in [2.24, 2.45) is 0 Å². The SMILES string of the molecule is C/C=C/C.C1CCCCC1. The first-order chi connectivity index (χ1) is 4.91. The summed E-state index contributed by atoms with van der Waals surface area (Å²) in [6.45, 7) is 4.00. The van der Waals surface area contributed by atoms with E-state index in [2.05, 4.69) is 0 Å². The van der Waals surface area contributed by atoms with Crippen LogP contribution in [0, 0.1) is 0 Å². The highest BCUT2D eigenvalue weighted by Gasteiger charge is 1.95. The van der Waals surface area contributed by atoms with Crippen molar-refractivity contribution in [3.8, 4) is 0 Å². The molecule has 1 fully saturated rings. The van der Waals surface area contributed by atoms with Gasteiger partial charge in [0, 0.05) is 0 Å². The second kappa shape index (κ2) is 8.74. The van der Waals surface area contributed by atoms with Gasteiger partial charge in [-0.15, -0.1) is 0 Å². The molecule has 1 rings (SSSR count). The molecule has 0 bridgehead atoms. The van der Waals surface area contributed by atoms with Crippen molar-refractivity contribution in [3.05, 3.63) is 12.2 Å². The summed E-state index contributed by atoms with van der Waals surface area (Å²) >= 11 is 0. The van der Waals surface area contributed by atoms with Gasteiger partial charge in [0.1, 0.15) is 0 Å². The molecule has 0 radical (unpaired) electrons. The Labute approximate surface area is 65.3 Å². The third kappa shape index (κ3) is 7.74. The van der Waals surface area contributed by atoms with E-state index < -0.39 is 0 Å². The van der Waals surface area contributed by atoms with E-state index in [0.29, 0.717) is 0 Å². The minimum Gasteiger partial charge on any atom is -0.0919 e. The molecule has 0 saturated heterocycles. The van der Waals surface area contributed by atoms with Crippen molar-refractivity contribution in [1.29, 1.82) is 0 Å². The number of hydrogen-bond acceptors (Lipinski definition) is 0. The monoisotopic (exact) mass is 140 g/mol. The molecular weight excluding hydrogens is 120 g/mol. The highest BCUT2D eigenvalue weighted by atomic mass is 14.0. The first-order valence-corrected chi connectivity index (χ1v) is 4.49. The molecule has 10 heavy (non-hydrogen) atoms. The lowest BCUT2D eigenvalue weighted by Gasteiger charge is -2.05. The van der Waals surface area contributed by atoms with E-state index >= 15 is 0 Å². The summed E-state index contributed by atoms with van der Waals surface area (Å²) in [4.78, 5) is 0. The predicted molar refractivity (Wildman–Crippen MR) is 48.2 cm³/mol. The molecule has 0 heterocycles. The first kappa shape index (κ1) is 9.74. The van der Waals surface area contributed by atoms with Crippen LogP contribution in [0.4, 0.5) is 0 Å². The molecule has 0 unspecified atom stereocenters. The zero-order valence-electron chi connectivity index (χ0n) is 7.40. The lowest BCUT2D eigenvalue weighted by Crippen LogP contribution is -1.85. The van der Waals surface area contributed by atoms with Gasteiger partial charge < -0.3 is 0 Å². The molecule has 0 aromatic carbocycles. The fraction of sp³-hybridized carbons (Fsp3) is 0.800. The van der Waals surface area contributed by atoms with Gasteiger partial charge >= 0.3 is 0 Å². The smallest absolute Gasteiger partial charge is 0.0470 e. The summed E-state index contributed by atoms with van der Waals surface area (Å²) in [7, 11) is 0. The lowest BCUT2D eigenvalue weighted by atomic mass is 10.0. The third-order valence-electron chi connectivity index (χ3n) is 1.83. The van der Waals surface area contributed by atoms with Gasteiger partial charge in [-0.1, -0.05) is 50.7 Å². The highest BCUT2D eigenvalue weighted by molar-refractivity contribution is 4.68. The fourth-order valence-electron chi connectivity index (χ4n) is 1.06. The minimum absolute atomic E-state index is 1.50. The topological polar surface area (TPSA) is 0 Å². The second-order valence-electron chi connectivity index (χ2n) is 2.79. The van der Waals surface area contributed by atoms with Gasteiger partial charge in [-0.2, -0.15) is 0 Å². The standard InChI is InChI=1S/C6H12.C4H8/c1-2-4-6-5-3-1;1-3-4-2/h1-6H2;3-4H,1-2H3/b;4-3+. The zero-order chi connectivity index (χ0) is 7.66. The Morgan fingerprint density at radius 2 is 0.800 bits per heavy atom. The molecule has 0 atom stereocenters. The highest BCUT2D eigenvalue weighted by Crippen LogP contribution is 2.15. The molecule has 0 aromatic rings. The third-order valence-corrected chi connectivity index (χ3v) is 1.83. The van der Waals surface area contributed by atoms with Crippen LogP contribution in [0.25, 0.3) is 0 Å². The molecule has 0 nitrogen and oxygen atoms in total. The Morgan fingerprint density at radius 1 is 0.600 bits per heavy atom. The Balaban J connectivity index is 0.000000180. The first-order valence-electron chi connectivity index (χ1n) is 4.49. The largest absolute Gasteiger partial charge is 0.0919 e. The van der Waals surface area contributed by atoms with Crippen molar-refractivity contribution in [2.75, 3.05) is 0 Å². The molecule has 1 aliphatic rings. The van der Waals surface area contributed by atoms with Crippen LogP contribution in [0.2, 0.25) is 0 Å². The predicted octanol–water partition coefficient (Wildman–Crippen LogP) is 3.92.